The summed E-state index contributed by atoms with van der Waals surface area (Å²) in [6, 6.07) is 36.4. The lowest BCUT2D eigenvalue weighted by atomic mass is 9.76. The molecule has 0 saturated heterocycles. The number of aromatic amines is 2. The molecule has 0 unspecified atom stereocenters. The van der Waals surface area contributed by atoms with Gasteiger partial charge in [0.15, 0.2) is 0 Å². The summed E-state index contributed by atoms with van der Waals surface area (Å²) < 4.78 is 2.59. The molecule has 0 amide bonds. The van der Waals surface area contributed by atoms with Gasteiger partial charge >= 0.3 is 11.4 Å². The maximum Gasteiger partial charge on any atom is 0.328 e. The second-order valence-corrected chi connectivity index (χ2v) is 18.4. The van der Waals surface area contributed by atoms with Crippen LogP contribution in [0.3, 0.4) is 0 Å². The molecular formula is C53H61N5O4. The summed E-state index contributed by atoms with van der Waals surface area (Å²) in [6.45, 7) is 3.00. The molecule has 2 saturated carbocycles. The molecule has 0 atom stereocenters. The van der Waals surface area contributed by atoms with Gasteiger partial charge in [-0.2, -0.15) is 0 Å². The monoisotopic (exact) mass is 831 g/mol. The van der Waals surface area contributed by atoms with E-state index in [1.807, 2.05) is 31.1 Å². The zero-order valence-electron chi connectivity index (χ0n) is 36.8. The number of likely N-dealkylation sites (N-methyl/N-ethyl adjacent to an activating group) is 1. The van der Waals surface area contributed by atoms with E-state index in [0.717, 1.165) is 85.9 Å². The minimum Gasteiger partial charge on any atom is -0.310 e. The number of H-pyrrole nitrogens is 2. The maximum atomic E-state index is 14.3. The summed E-state index contributed by atoms with van der Waals surface area (Å²) >= 11 is 0. The van der Waals surface area contributed by atoms with Crippen molar-refractivity contribution in [3.8, 4) is 0 Å². The fraction of sp³-hybridized carbons (Fsp3) is 0.396. The van der Waals surface area contributed by atoms with Crippen LogP contribution in [0.15, 0.2) is 122 Å². The Hall–Kier alpha value is -5.80. The molecule has 4 aromatic carbocycles. The molecule has 8 rings (SSSR count). The number of hydrogen-bond acceptors (Lipinski definition) is 5. The van der Waals surface area contributed by atoms with Gasteiger partial charge in [0.2, 0.25) is 0 Å². The minimum absolute atomic E-state index is 0.128. The molecule has 6 aromatic rings. The van der Waals surface area contributed by atoms with Gasteiger partial charge in [0, 0.05) is 55.5 Å². The fourth-order valence-corrected chi connectivity index (χ4v) is 10.3. The number of nitrogens with zero attached hydrogens (tertiary/aromatic N) is 3. The van der Waals surface area contributed by atoms with Crippen molar-refractivity contribution in [2.75, 3.05) is 20.6 Å². The molecule has 2 aliphatic carbocycles. The van der Waals surface area contributed by atoms with Crippen LogP contribution in [-0.2, 0) is 32.9 Å². The predicted octanol–water partition coefficient (Wildman–Crippen LogP) is 8.45. The highest BCUT2D eigenvalue weighted by Gasteiger charge is 2.29. The molecule has 2 fully saturated rings. The van der Waals surface area contributed by atoms with Crippen LogP contribution in [0.4, 0.5) is 0 Å². The van der Waals surface area contributed by atoms with Crippen LogP contribution >= 0.6 is 0 Å². The van der Waals surface area contributed by atoms with E-state index in [-0.39, 0.29) is 34.3 Å². The molecule has 0 bridgehead atoms. The van der Waals surface area contributed by atoms with Gasteiger partial charge in [-0.25, -0.2) is 9.59 Å². The molecule has 0 spiro atoms. The third-order valence-electron chi connectivity index (χ3n) is 13.7. The van der Waals surface area contributed by atoms with Crippen molar-refractivity contribution in [3.63, 3.8) is 0 Å². The minimum atomic E-state index is -0.352. The van der Waals surface area contributed by atoms with Gasteiger partial charge in [0.05, 0.1) is 0 Å². The van der Waals surface area contributed by atoms with Crippen molar-refractivity contribution in [2.45, 2.75) is 108 Å². The smallest absolute Gasteiger partial charge is 0.310 e. The summed E-state index contributed by atoms with van der Waals surface area (Å²) in [6.07, 6.45) is 9.42. The van der Waals surface area contributed by atoms with Gasteiger partial charge in [-0.1, -0.05) is 109 Å². The molecule has 2 heterocycles. The van der Waals surface area contributed by atoms with Crippen LogP contribution in [0, 0.1) is 6.92 Å². The summed E-state index contributed by atoms with van der Waals surface area (Å²) in [5.74, 6) is 1.15. The summed E-state index contributed by atoms with van der Waals surface area (Å²) in [4.78, 5) is 62.4. The van der Waals surface area contributed by atoms with Crippen LogP contribution in [0.25, 0.3) is 0 Å². The lowest BCUT2D eigenvalue weighted by Gasteiger charge is -2.30. The Morgan fingerprint density at radius 3 is 1.63 bits per heavy atom. The van der Waals surface area contributed by atoms with Crippen LogP contribution in [0.1, 0.15) is 136 Å². The molecule has 2 aliphatic rings. The molecule has 322 valence electrons. The summed E-state index contributed by atoms with van der Waals surface area (Å²) in [5.41, 5.74) is 10.4. The van der Waals surface area contributed by atoms with Gasteiger partial charge < -0.3 is 14.9 Å². The molecule has 9 heteroatoms. The van der Waals surface area contributed by atoms with Crippen molar-refractivity contribution < 1.29 is 0 Å². The molecule has 62 heavy (non-hydrogen) atoms. The number of hydrogen-bond donors (Lipinski definition) is 2. The third kappa shape index (κ3) is 9.79. The van der Waals surface area contributed by atoms with E-state index in [2.05, 4.69) is 108 Å². The first-order valence-corrected chi connectivity index (χ1v) is 22.6. The summed E-state index contributed by atoms with van der Waals surface area (Å²) in [7, 11) is 5.46. The number of rotatable bonds is 13. The first-order chi connectivity index (χ1) is 30.0. The SMILES string of the molecule is Cc1cccc(Cc2c(=O)n(C)c(=O)[nH]c2[C@H]2CC[C@H](c3cccc(Cc4cccc(Cc5c(=O)n(CCN(C)C)c(=O)[nH]c5[C@H]5CC[C@H](c6ccccc6)CC5)c4)c3)CC2)c1. The van der Waals surface area contributed by atoms with Gasteiger partial charge in [0.1, 0.15) is 0 Å². The zero-order chi connectivity index (χ0) is 43.3. The van der Waals surface area contributed by atoms with Crippen LogP contribution in [0.5, 0.6) is 0 Å². The second kappa shape index (κ2) is 19.1. The molecule has 2 aromatic heterocycles. The van der Waals surface area contributed by atoms with Gasteiger partial charge in [0.25, 0.3) is 11.1 Å². The van der Waals surface area contributed by atoms with E-state index in [4.69, 9.17) is 0 Å². The average molecular weight is 832 g/mol. The quantitative estimate of drug-likeness (QED) is 0.121. The Bertz CT molecular complexity index is 2740. The van der Waals surface area contributed by atoms with Gasteiger partial charge in [-0.15, -0.1) is 0 Å². The Morgan fingerprint density at radius 1 is 0.532 bits per heavy atom. The van der Waals surface area contributed by atoms with E-state index < -0.39 is 0 Å². The first-order valence-electron chi connectivity index (χ1n) is 22.6. The topological polar surface area (TPSA) is 113 Å². The van der Waals surface area contributed by atoms with Crippen molar-refractivity contribution in [1.29, 1.82) is 0 Å². The average Bonchev–Trinajstić information content (AvgIpc) is 3.28. The Kier molecular flexibility index (Phi) is 13.2. The van der Waals surface area contributed by atoms with Gasteiger partial charge in [-0.3, -0.25) is 18.7 Å². The standard InChI is InChI=1S/C53H61N5O4/c1-35-11-8-12-36(29-35)33-46-48(54-52(61)57(4)50(46)59)43-25-21-42(22-26-43)45-18-10-15-38(32-45)30-37-13-9-14-39(31-37)34-47-49(55-53(62)58(51(47)60)28-27-56(2)3)44-23-19-41(20-24-44)40-16-6-5-7-17-40/h5-18,29,31-32,41-44H,19-28,30,33-34H2,1-4H3,(H,54,61)(H,55,62)/t41-,42-,43-,44-. The second-order valence-electron chi connectivity index (χ2n) is 18.4. The largest absolute Gasteiger partial charge is 0.328 e. The first kappa shape index (κ1) is 42.9. The molecule has 0 aliphatic heterocycles. The van der Waals surface area contributed by atoms with E-state index in [1.165, 1.54) is 31.4 Å². The fourth-order valence-electron chi connectivity index (χ4n) is 10.3. The predicted molar refractivity (Wildman–Crippen MR) is 249 cm³/mol. The van der Waals surface area contributed by atoms with E-state index in [1.54, 1.807) is 7.05 Å². The highest BCUT2D eigenvalue weighted by atomic mass is 16.2. The molecule has 0 radical (unpaired) electrons. The number of benzene rings is 4. The van der Waals surface area contributed by atoms with Crippen LogP contribution in [-0.4, -0.2) is 44.6 Å². The van der Waals surface area contributed by atoms with Crippen LogP contribution in [0.2, 0.25) is 0 Å². The Balaban J connectivity index is 0.976. The highest BCUT2D eigenvalue weighted by molar-refractivity contribution is 5.37. The zero-order valence-corrected chi connectivity index (χ0v) is 36.8. The lowest BCUT2D eigenvalue weighted by Crippen LogP contribution is -2.41. The summed E-state index contributed by atoms with van der Waals surface area (Å²) in [5, 5.41) is 0. The number of aromatic nitrogens is 4. The van der Waals surface area contributed by atoms with E-state index in [0.29, 0.717) is 48.9 Å². The Labute approximate surface area is 364 Å². The highest BCUT2D eigenvalue weighted by Crippen LogP contribution is 2.42. The molecular weight excluding hydrogens is 771 g/mol. The lowest BCUT2D eigenvalue weighted by molar-refractivity contribution is 0.369. The number of aryl methyl sites for hydroxylation is 1. The van der Waals surface area contributed by atoms with Crippen molar-refractivity contribution in [1.82, 2.24) is 24.0 Å². The normalized spacial score (nSPS) is 19.2. The van der Waals surface area contributed by atoms with Crippen LogP contribution < -0.4 is 22.5 Å². The molecule has 9 nitrogen and oxygen atoms in total. The third-order valence-corrected chi connectivity index (χ3v) is 13.7. The van der Waals surface area contributed by atoms with Crippen molar-refractivity contribution in [2.24, 2.45) is 7.05 Å². The Morgan fingerprint density at radius 2 is 1.02 bits per heavy atom. The number of nitrogens with one attached hydrogen (secondary N) is 2. The molecule has 2 N–H and O–H groups in total. The van der Waals surface area contributed by atoms with Crippen molar-refractivity contribution in [3.05, 3.63) is 206 Å². The van der Waals surface area contributed by atoms with Gasteiger partial charge in [-0.05, 0) is 136 Å². The van der Waals surface area contributed by atoms with Crippen molar-refractivity contribution >= 4 is 0 Å². The maximum absolute atomic E-state index is 14.3. The van der Waals surface area contributed by atoms with E-state index in [9.17, 15) is 19.2 Å². The van der Waals surface area contributed by atoms with E-state index >= 15 is 0 Å².